The molecule has 2 aromatic rings. The molecule has 9 nitrogen and oxygen atoms in total. The van der Waals surface area contributed by atoms with Gasteiger partial charge in [-0.1, -0.05) is 6.07 Å². The molecule has 14 heteroatoms. The average molecular weight is 541 g/mol. The van der Waals surface area contributed by atoms with E-state index < -0.39 is 29.8 Å². The van der Waals surface area contributed by atoms with Crippen LogP contribution in [0.2, 0.25) is 0 Å². The third-order valence-corrected chi connectivity index (χ3v) is 7.08. The second-order valence-corrected chi connectivity index (χ2v) is 9.72. The Morgan fingerprint density at radius 1 is 1.28 bits per heavy atom. The minimum Gasteiger partial charge on any atom is -0.360 e. The molecule has 0 radical (unpaired) electrons. The van der Waals surface area contributed by atoms with Gasteiger partial charge in [0.15, 0.2) is 5.57 Å². The first kappa shape index (κ1) is 27.3. The number of amides is 2. The largest absolute Gasteiger partial charge is 0.405 e. The van der Waals surface area contributed by atoms with Gasteiger partial charge >= 0.3 is 6.18 Å². The van der Waals surface area contributed by atoms with E-state index in [1.54, 1.807) is 54.3 Å². The number of hydrogen-bond acceptors (Lipinski definition) is 8. The van der Waals surface area contributed by atoms with Crippen molar-refractivity contribution in [3.8, 4) is 6.07 Å². The maximum atomic E-state index is 12.8. The zero-order valence-electron chi connectivity index (χ0n) is 19.1. The highest BCUT2D eigenvalue weighted by molar-refractivity contribution is 7.99. The van der Waals surface area contributed by atoms with E-state index in [1.807, 2.05) is 4.90 Å². The molecule has 2 amide bonds. The fraction of sp³-hybridized carbons (Fsp3) is 0.364. The lowest BCUT2D eigenvalue weighted by Gasteiger charge is -2.13. The Bertz CT molecular complexity index is 1340. The molecule has 1 aliphatic heterocycles. The van der Waals surface area contributed by atoms with Crippen molar-refractivity contribution in [2.75, 3.05) is 41.9 Å². The number of aromatic nitrogens is 1. The number of benzene rings is 1. The maximum absolute atomic E-state index is 12.8. The van der Waals surface area contributed by atoms with Gasteiger partial charge in [0, 0.05) is 42.3 Å². The number of carbonyl (C=O) groups is 2. The van der Waals surface area contributed by atoms with Crippen LogP contribution in [0.4, 0.5) is 24.5 Å². The van der Waals surface area contributed by atoms with E-state index in [9.17, 15) is 32.8 Å². The third kappa shape index (κ3) is 7.36. The predicted molar refractivity (Wildman–Crippen MR) is 134 cm³/mol. The van der Waals surface area contributed by atoms with Crippen molar-refractivity contribution in [2.45, 2.75) is 19.6 Å². The molecule has 36 heavy (non-hydrogen) atoms. The number of rotatable bonds is 8. The summed E-state index contributed by atoms with van der Waals surface area (Å²) < 4.78 is 38.6. The number of hydrogen-bond donors (Lipinski definition) is 3. The van der Waals surface area contributed by atoms with Crippen LogP contribution in [-0.4, -0.2) is 58.7 Å². The van der Waals surface area contributed by atoms with Gasteiger partial charge in [-0.05, 0) is 25.1 Å². The Kier molecular flexibility index (Phi) is 9.19. The minimum absolute atomic E-state index is 0.0428. The summed E-state index contributed by atoms with van der Waals surface area (Å²) in [6.45, 7) is 1.28. The fourth-order valence-electron chi connectivity index (χ4n) is 3.27. The highest BCUT2D eigenvalue weighted by Gasteiger charge is 2.29. The van der Waals surface area contributed by atoms with Gasteiger partial charge in [-0.15, -0.1) is 23.1 Å². The van der Waals surface area contributed by atoms with Crippen molar-refractivity contribution in [3.05, 3.63) is 43.8 Å². The van der Waals surface area contributed by atoms with Crippen molar-refractivity contribution in [2.24, 2.45) is 0 Å². The Labute approximate surface area is 212 Å². The molecule has 1 aromatic heterocycles. The molecular formula is C22H23F3N6O3S2. The lowest BCUT2D eigenvalue weighted by atomic mass is 10.2. The second-order valence-electron chi connectivity index (χ2n) is 7.61. The normalized spacial score (nSPS) is 15.4. The number of thioether (sulfide) groups is 1. The number of anilines is 2. The number of carbonyl (C=O) groups excluding carboxylic acids is 2. The molecule has 3 rings (SSSR count). The Morgan fingerprint density at radius 2 is 2.03 bits per heavy atom. The summed E-state index contributed by atoms with van der Waals surface area (Å²) in [6, 6.07) is 8.44. The highest BCUT2D eigenvalue weighted by atomic mass is 32.2. The molecule has 0 spiro atoms. The van der Waals surface area contributed by atoms with Crippen LogP contribution in [-0.2, 0) is 16.1 Å². The lowest BCUT2D eigenvalue weighted by molar-refractivity contribution is -0.135. The summed E-state index contributed by atoms with van der Waals surface area (Å²) >= 11 is 2.58. The van der Waals surface area contributed by atoms with Crippen LogP contribution < -0.4 is 30.7 Å². The van der Waals surface area contributed by atoms with Crippen LogP contribution in [0.1, 0.15) is 6.92 Å². The van der Waals surface area contributed by atoms with E-state index in [0.717, 1.165) is 34.1 Å². The first-order valence-corrected chi connectivity index (χ1v) is 12.7. The van der Waals surface area contributed by atoms with Crippen LogP contribution in [0.15, 0.2) is 29.1 Å². The first-order chi connectivity index (χ1) is 17.1. The molecule has 1 fully saturated rings. The van der Waals surface area contributed by atoms with E-state index >= 15 is 0 Å². The molecule has 1 saturated heterocycles. The number of alkyl halides is 3. The summed E-state index contributed by atoms with van der Waals surface area (Å²) in [6.07, 6.45) is -3.26. The van der Waals surface area contributed by atoms with Gasteiger partial charge in [-0.2, -0.15) is 18.4 Å². The van der Waals surface area contributed by atoms with Gasteiger partial charge in [-0.3, -0.25) is 23.9 Å². The van der Waals surface area contributed by atoms with Crippen molar-refractivity contribution in [1.82, 2.24) is 14.8 Å². The van der Waals surface area contributed by atoms with Crippen LogP contribution in [0, 0.1) is 11.3 Å². The molecule has 0 aliphatic carbocycles. The standard InChI is InChI=1S/C22H23F3N6O3S2/c1-2-31-20(34)17(36-21(31)16(9-26)19(33)28-12-22(23,24)25)10-27-14-4-3-5-15(8-14)29-18(32)11-30-6-7-35-13-30/h3-5,8,10,27H,2,6-7,11-13H2,1H3,(H,28,33)(H,29,32). The summed E-state index contributed by atoms with van der Waals surface area (Å²) in [5.74, 6) is 0.458. The summed E-state index contributed by atoms with van der Waals surface area (Å²) in [5, 5.41) is 16.8. The van der Waals surface area contributed by atoms with Crippen LogP contribution >= 0.6 is 23.1 Å². The molecular weight excluding hydrogens is 517 g/mol. The van der Waals surface area contributed by atoms with Gasteiger partial charge in [0.1, 0.15) is 21.8 Å². The number of thiazole rings is 1. The van der Waals surface area contributed by atoms with Crippen LogP contribution in [0.25, 0.3) is 11.8 Å². The number of nitrogens with one attached hydrogen (secondary N) is 3. The van der Waals surface area contributed by atoms with Crippen molar-refractivity contribution in [1.29, 1.82) is 5.26 Å². The SMILES string of the molecule is CCn1c(=C(C#N)C(=O)NCC(F)(F)F)sc(=CNc2cccc(NC(=O)CN3CCSC3)c2)c1=O. The average Bonchev–Trinajstić information content (AvgIpc) is 3.44. The molecule has 0 unspecified atom stereocenters. The van der Waals surface area contributed by atoms with Gasteiger partial charge in [0.25, 0.3) is 11.5 Å². The van der Waals surface area contributed by atoms with Crippen molar-refractivity contribution >= 4 is 58.1 Å². The maximum Gasteiger partial charge on any atom is 0.405 e. The molecule has 0 atom stereocenters. The van der Waals surface area contributed by atoms with E-state index in [-0.39, 0.29) is 21.6 Å². The van der Waals surface area contributed by atoms with Gasteiger partial charge in [-0.25, -0.2) is 0 Å². The Balaban J connectivity index is 1.82. The van der Waals surface area contributed by atoms with E-state index in [0.29, 0.717) is 17.9 Å². The minimum atomic E-state index is -4.64. The molecule has 0 bridgehead atoms. The van der Waals surface area contributed by atoms with E-state index in [1.165, 1.54) is 6.20 Å². The molecule has 192 valence electrons. The monoisotopic (exact) mass is 540 g/mol. The highest BCUT2D eigenvalue weighted by Crippen LogP contribution is 2.16. The summed E-state index contributed by atoms with van der Waals surface area (Å²) in [5.41, 5.74) is 0.0390. The quantitative estimate of drug-likeness (QED) is 0.459. The molecule has 1 aliphatic rings. The second kappa shape index (κ2) is 12.1. The predicted octanol–water partition coefficient (Wildman–Crippen LogP) is 1.08. The summed E-state index contributed by atoms with van der Waals surface area (Å²) in [4.78, 5) is 39.3. The smallest absolute Gasteiger partial charge is 0.360 e. The zero-order chi connectivity index (χ0) is 26.3. The van der Waals surface area contributed by atoms with Crippen LogP contribution in [0.3, 0.4) is 0 Å². The number of halogens is 3. The van der Waals surface area contributed by atoms with Crippen molar-refractivity contribution < 1.29 is 22.8 Å². The molecule has 0 saturated carbocycles. The van der Waals surface area contributed by atoms with Gasteiger partial charge in [0.2, 0.25) is 5.91 Å². The van der Waals surface area contributed by atoms with E-state index in [4.69, 9.17) is 0 Å². The number of nitriles is 1. The first-order valence-electron chi connectivity index (χ1n) is 10.8. The van der Waals surface area contributed by atoms with Crippen molar-refractivity contribution in [3.63, 3.8) is 0 Å². The van der Waals surface area contributed by atoms with Gasteiger partial charge in [0.05, 0.1) is 6.54 Å². The van der Waals surface area contributed by atoms with Crippen LogP contribution in [0.5, 0.6) is 0 Å². The van der Waals surface area contributed by atoms with Gasteiger partial charge < -0.3 is 16.0 Å². The molecule has 3 N–H and O–H groups in total. The zero-order valence-corrected chi connectivity index (χ0v) is 20.8. The number of nitrogens with zero attached hydrogens (tertiary/aromatic N) is 3. The molecule has 1 aromatic carbocycles. The summed E-state index contributed by atoms with van der Waals surface area (Å²) in [7, 11) is 0. The Hall–Kier alpha value is -3.28. The Morgan fingerprint density at radius 3 is 2.67 bits per heavy atom. The lowest BCUT2D eigenvalue weighted by Crippen LogP contribution is -2.37. The topological polar surface area (TPSA) is 119 Å². The fourth-order valence-corrected chi connectivity index (χ4v) is 5.35. The third-order valence-electron chi connectivity index (χ3n) is 4.94. The van der Waals surface area contributed by atoms with E-state index in [2.05, 4.69) is 10.6 Å². The molecule has 2 heterocycles.